The second-order valence-corrected chi connectivity index (χ2v) is 5.78. The van der Waals surface area contributed by atoms with Crippen LogP contribution in [-0.2, 0) is 4.79 Å². The maximum atomic E-state index is 12.0. The van der Waals surface area contributed by atoms with Gasteiger partial charge in [-0.25, -0.2) is 4.79 Å². The molecule has 5 heteroatoms. The van der Waals surface area contributed by atoms with E-state index >= 15 is 0 Å². The Hall–Kier alpha value is -1.75. The number of rotatable bonds is 3. The zero-order valence-corrected chi connectivity index (χ0v) is 11.9. The zero-order valence-electron chi connectivity index (χ0n) is 11.1. The van der Waals surface area contributed by atoms with Crippen molar-refractivity contribution in [3.05, 3.63) is 41.5 Å². The van der Waals surface area contributed by atoms with Crippen molar-refractivity contribution < 1.29 is 14.7 Å². The van der Waals surface area contributed by atoms with Crippen LogP contribution < -0.4 is 0 Å². The van der Waals surface area contributed by atoms with Crippen molar-refractivity contribution in [1.29, 1.82) is 0 Å². The number of thioether (sulfide) groups is 1. The first kappa shape index (κ1) is 14.7. The zero-order chi connectivity index (χ0) is 14.4. The Morgan fingerprint density at radius 1 is 1.15 bits per heavy atom. The summed E-state index contributed by atoms with van der Waals surface area (Å²) in [7, 11) is 0. The first-order valence-electron chi connectivity index (χ1n) is 6.55. The minimum Gasteiger partial charge on any atom is -0.478 e. The first-order chi connectivity index (χ1) is 9.66. The van der Waals surface area contributed by atoms with Gasteiger partial charge in [0.15, 0.2) is 0 Å². The molecule has 1 saturated heterocycles. The molecule has 4 nitrogen and oxygen atoms in total. The van der Waals surface area contributed by atoms with Crippen LogP contribution in [0.3, 0.4) is 0 Å². The molecule has 0 spiro atoms. The van der Waals surface area contributed by atoms with Crippen molar-refractivity contribution in [2.24, 2.45) is 0 Å². The fourth-order valence-electron chi connectivity index (χ4n) is 1.98. The Morgan fingerprint density at radius 2 is 1.90 bits per heavy atom. The van der Waals surface area contributed by atoms with Crippen LogP contribution in [0.5, 0.6) is 0 Å². The number of aromatic carboxylic acids is 1. The number of amides is 1. The van der Waals surface area contributed by atoms with E-state index in [1.165, 1.54) is 12.1 Å². The molecule has 1 N–H and O–H groups in total. The third-order valence-corrected chi connectivity index (χ3v) is 4.16. The molecule has 20 heavy (non-hydrogen) atoms. The molecular weight excluding hydrogens is 274 g/mol. The first-order valence-corrected chi connectivity index (χ1v) is 7.70. The molecule has 2 rings (SSSR count). The van der Waals surface area contributed by atoms with Crippen LogP contribution in [-0.4, -0.2) is 46.5 Å². The van der Waals surface area contributed by atoms with E-state index in [-0.39, 0.29) is 11.5 Å². The van der Waals surface area contributed by atoms with Crippen LogP contribution >= 0.6 is 11.8 Å². The van der Waals surface area contributed by atoms with Gasteiger partial charge in [0.05, 0.1) is 5.56 Å². The van der Waals surface area contributed by atoms with Crippen LogP contribution in [0.2, 0.25) is 0 Å². The third-order valence-electron chi connectivity index (χ3n) is 3.11. The van der Waals surface area contributed by atoms with Gasteiger partial charge in [-0.15, -0.1) is 0 Å². The van der Waals surface area contributed by atoms with Crippen LogP contribution in [0.1, 0.15) is 22.3 Å². The van der Waals surface area contributed by atoms with Gasteiger partial charge in [0, 0.05) is 24.9 Å². The van der Waals surface area contributed by atoms with Crippen LogP contribution in [0.25, 0.3) is 6.08 Å². The van der Waals surface area contributed by atoms with E-state index in [2.05, 4.69) is 0 Å². The van der Waals surface area contributed by atoms with Gasteiger partial charge in [0.1, 0.15) is 0 Å². The summed E-state index contributed by atoms with van der Waals surface area (Å²) in [6.07, 6.45) is 4.33. The van der Waals surface area contributed by atoms with Gasteiger partial charge in [-0.05, 0) is 35.9 Å². The fourth-order valence-corrected chi connectivity index (χ4v) is 2.86. The maximum absolute atomic E-state index is 12.0. The van der Waals surface area contributed by atoms with E-state index < -0.39 is 5.97 Å². The molecule has 0 bridgehead atoms. The number of carbonyl (C=O) groups is 2. The Kier molecular flexibility index (Phi) is 5.24. The molecule has 106 valence electrons. The van der Waals surface area contributed by atoms with E-state index in [0.29, 0.717) is 0 Å². The molecule has 0 aliphatic carbocycles. The van der Waals surface area contributed by atoms with Gasteiger partial charge >= 0.3 is 5.97 Å². The highest BCUT2D eigenvalue weighted by molar-refractivity contribution is 7.99. The summed E-state index contributed by atoms with van der Waals surface area (Å²) in [5.74, 6) is 1.19. The van der Waals surface area contributed by atoms with Gasteiger partial charge in [0.25, 0.3) is 0 Å². The maximum Gasteiger partial charge on any atom is 0.335 e. The van der Waals surface area contributed by atoms with E-state index in [9.17, 15) is 9.59 Å². The molecule has 1 aliphatic heterocycles. The van der Waals surface area contributed by atoms with Crippen molar-refractivity contribution in [2.45, 2.75) is 6.42 Å². The number of benzene rings is 1. The highest BCUT2D eigenvalue weighted by Crippen LogP contribution is 2.11. The molecule has 1 fully saturated rings. The van der Waals surface area contributed by atoms with Gasteiger partial charge in [-0.2, -0.15) is 11.8 Å². The summed E-state index contributed by atoms with van der Waals surface area (Å²) >= 11 is 1.88. The average molecular weight is 291 g/mol. The SMILES string of the molecule is O=C(O)c1ccc(/C=C/C(=O)N2CCCSCC2)cc1. The quantitative estimate of drug-likeness (QED) is 0.869. The topological polar surface area (TPSA) is 57.6 Å². The van der Waals surface area contributed by atoms with Crippen molar-refractivity contribution in [2.75, 3.05) is 24.6 Å². The Morgan fingerprint density at radius 3 is 2.60 bits per heavy atom. The van der Waals surface area contributed by atoms with E-state index in [0.717, 1.165) is 36.6 Å². The molecule has 0 radical (unpaired) electrons. The predicted molar refractivity (Wildman–Crippen MR) is 81.0 cm³/mol. The molecule has 1 amide bonds. The summed E-state index contributed by atoms with van der Waals surface area (Å²) in [6, 6.07) is 6.47. The minimum absolute atomic E-state index is 0.0230. The average Bonchev–Trinajstić information content (AvgIpc) is 2.74. The summed E-state index contributed by atoms with van der Waals surface area (Å²) in [6.45, 7) is 1.61. The lowest BCUT2D eigenvalue weighted by Crippen LogP contribution is -2.31. The van der Waals surface area contributed by atoms with Gasteiger partial charge in [-0.3, -0.25) is 4.79 Å². The number of carboxylic acid groups (broad SMARTS) is 1. The molecule has 1 aromatic carbocycles. The van der Waals surface area contributed by atoms with Gasteiger partial charge in [-0.1, -0.05) is 12.1 Å². The van der Waals surface area contributed by atoms with Crippen LogP contribution in [0.4, 0.5) is 0 Å². The summed E-state index contributed by atoms with van der Waals surface area (Å²) in [5, 5.41) is 8.81. The van der Waals surface area contributed by atoms with E-state index in [1.54, 1.807) is 24.3 Å². The third kappa shape index (κ3) is 4.13. The van der Waals surface area contributed by atoms with Crippen LogP contribution in [0, 0.1) is 0 Å². The predicted octanol–water partition coefficient (Wildman–Crippen LogP) is 2.36. The Labute approximate surface area is 122 Å². The largest absolute Gasteiger partial charge is 0.478 e. The summed E-state index contributed by atoms with van der Waals surface area (Å²) in [5.41, 5.74) is 1.07. The highest BCUT2D eigenvalue weighted by Gasteiger charge is 2.12. The molecule has 1 aromatic rings. The Balaban J connectivity index is 1.97. The molecule has 0 atom stereocenters. The number of carboxylic acids is 1. The fraction of sp³-hybridized carbons (Fsp3) is 0.333. The van der Waals surface area contributed by atoms with E-state index in [4.69, 9.17) is 5.11 Å². The molecule has 0 saturated carbocycles. The molecule has 0 aromatic heterocycles. The van der Waals surface area contributed by atoms with E-state index in [1.807, 2.05) is 16.7 Å². The number of hydrogen-bond donors (Lipinski definition) is 1. The van der Waals surface area contributed by atoms with Crippen molar-refractivity contribution >= 4 is 29.7 Å². The molecule has 0 unspecified atom stereocenters. The monoisotopic (exact) mass is 291 g/mol. The lowest BCUT2D eigenvalue weighted by molar-refractivity contribution is -0.125. The van der Waals surface area contributed by atoms with Crippen molar-refractivity contribution in [1.82, 2.24) is 4.90 Å². The smallest absolute Gasteiger partial charge is 0.335 e. The number of nitrogens with zero attached hydrogens (tertiary/aromatic N) is 1. The lowest BCUT2D eigenvalue weighted by Gasteiger charge is -2.17. The normalized spacial score (nSPS) is 16.1. The van der Waals surface area contributed by atoms with Crippen LogP contribution in [0.15, 0.2) is 30.3 Å². The Bertz CT molecular complexity index is 502. The summed E-state index contributed by atoms with van der Waals surface area (Å²) < 4.78 is 0. The lowest BCUT2D eigenvalue weighted by atomic mass is 10.1. The summed E-state index contributed by atoms with van der Waals surface area (Å²) in [4.78, 5) is 24.6. The van der Waals surface area contributed by atoms with Crippen molar-refractivity contribution in [3.8, 4) is 0 Å². The minimum atomic E-state index is -0.946. The van der Waals surface area contributed by atoms with Gasteiger partial charge in [0.2, 0.25) is 5.91 Å². The molecule has 1 aliphatic rings. The molecule has 1 heterocycles. The standard InChI is InChI=1S/C15H17NO3S/c17-14(16-8-1-10-20-11-9-16)7-4-12-2-5-13(6-3-12)15(18)19/h2-7H,1,8-11H2,(H,18,19)/b7-4+. The second-order valence-electron chi connectivity index (χ2n) is 4.55. The highest BCUT2D eigenvalue weighted by atomic mass is 32.2. The number of hydrogen-bond acceptors (Lipinski definition) is 3. The van der Waals surface area contributed by atoms with Crippen molar-refractivity contribution in [3.63, 3.8) is 0 Å². The van der Waals surface area contributed by atoms with Gasteiger partial charge < -0.3 is 10.0 Å². The molecular formula is C15H17NO3S. The number of carbonyl (C=O) groups excluding carboxylic acids is 1. The second kappa shape index (κ2) is 7.14.